The Morgan fingerprint density at radius 3 is 2.62 bits per heavy atom. The van der Waals surface area contributed by atoms with E-state index in [1.807, 2.05) is 0 Å². The lowest BCUT2D eigenvalue weighted by molar-refractivity contribution is 0.558. The van der Waals surface area contributed by atoms with Crippen LogP contribution in [0.3, 0.4) is 0 Å². The molecule has 0 radical (unpaired) electrons. The van der Waals surface area contributed by atoms with Gasteiger partial charge in [-0.05, 0) is 44.3 Å². The Labute approximate surface area is 95.1 Å². The van der Waals surface area contributed by atoms with Crippen LogP contribution < -0.4 is 10.6 Å². The van der Waals surface area contributed by atoms with Gasteiger partial charge in [-0.3, -0.25) is 0 Å². The van der Waals surface area contributed by atoms with Gasteiger partial charge in [-0.25, -0.2) is 8.78 Å². The van der Waals surface area contributed by atoms with Gasteiger partial charge in [0.15, 0.2) is 0 Å². The molecule has 0 aromatic heterocycles. The van der Waals surface area contributed by atoms with E-state index >= 15 is 0 Å². The number of hydrogen-bond acceptors (Lipinski definition) is 2. The van der Waals surface area contributed by atoms with Gasteiger partial charge < -0.3 is 10.6 Å². The lowest BCUT2D eigenvalue weighted by atomic mass is 10.2. The number of nitrogens with one attached hydrogen (secondary N) is 2. The first-order valence-electron chi connectivity index (χ1n) is 5.59. The molecule has 0 fully saturated rings. The summed E-state index contributed by atoms with van der Waals surface area (Å²) in [4.78, 5) is 0. The maximum Gasteiger partial charge on any atom is 0.127 e. The molecule has 16 heavy (non-hydrogen) atoms. The zero-order chi connectivity index (χ0) is 11.8. The van der Waals surface area contributed by atoms with Gasteiger partial charge >= 0.3 is 0 Å². The molecule has 0 aliphatic rings. The topological polar surface area (TPSA) is 24.1 Å². The summed E-state index contributed by atoms with van der Waals surface area (Å²) in [5, 5.41) is 6.28. The summed E-state index contributed by atoms with van der Waals surface area (Å²) in [5.74, 6) is -0.758. The standard InChI is InChI=1S/C12H18F2N2/c1-2-15-6-3-7-16-9-10-8-11(13)4-5-12(10)14/h4-5,8,15-16H,2-3,6-7,9H2,1H3. The Morgan fingerprint density at radius 1 is 1.12 bits per heavy atom. The molecule has 0 amide bonds. The summed E-state index contributed by atoms with van der Waals surface area (Å²) in [5.41, 5.74) is 0.378. The van der Waals surface area contributed by atoms with Crippen molar-refractivity contribution in [2.75, 3.05) is 19.6 Å². The first-order valence-corrected chi connectivity index (χ1v) is 5.59. The molecule has 0 aliphatic carbocycles. The molecule has 2 N–H and O–H groups in total. The predicted molar refractivity (Wildman–Crippen MR) is 61.2 cm³/mol. The fourth-order valence-corrected chi connectivity index (χ4v) is 1.42. The number of rotatable bonds is 7. The summed E-state index contributed by atoms with van der Waals surface area (Å²) < 4.78 is 26.0. The van der Waals surface area contributed by atoms with Crippen molar-refractivity contribution >= 4 is 0 Å². The lowest BCUT2D eigenvalue weighted by Gasteiger charge is -2.06. The van der Waals surface area contributed by atoms with Crippen molar-refractivity contribution in [1.29, 1.82) is 0 Å². The van der Waals surface area contributed by atoms with Gasteiger partial charge in [0.25, 0.3) is 0 Å². The monoisotopic (exact) mass is 228 g/mol. The largest absolute Gasteiger partial charge is 0.317 e. The molecule has 0 aliphatic heterocycles. The molecule has 1 aromatic carbocycles. The molecular weight excluding hydrogens is 210 g/mol. The number of benzene rings is 1. The molecule has 0 bridgehead atoms. The van der Waals surface area contributed by atoms with Crippen LogP contribution in [0, 0.1) is 11.6 Å². The smallest absolute Gasteiger partial charge is 0.127 e. The van der Waals surface area contributed by atoms with Gasteiger partial charge in [0.1, 0.15) is 11.6 Å². The van der Waals surface area contributed by atoms with E-state index in [1.54, 1.807) is 0 Å². The molecule has 0 saturated carbocycles. The minimum Gasteiger partial charge on any atom is -0.317 e. The van der Waals surface area contributed by atoms with Crippen LogP contribution in [0.1, 0.15) is 18.9 Å². The van der Waals surface area contributed by atoms with E-state index in [0.717, 1.165) is 38.2 Å². The molecular formula is C12H18F2N2. The third-order valence-corrected chi connectivity index (χ3v) is 2.28. The predicted octanol–water partition coefficient (Wildman–Crippen LogP) is 2.05. The summed E-state index contributed by atoms with van der Waals surface area (Å²) in [7, 11) is 0. The Morgan fingerprint density at radius 2 is 1.88 bits per heavy atom. The second-order valence-corrected chi connectivity index (χ2v) is 3.62. The van der Waals surface area contributed by atoms with Crippen LogP contribution in [-0.4, -0.2) is 19.6 Å². The molecule has 0 spiro atoms. The molecule has 0 heterocycles. The van der Waals surface area contributed by atoms with Crippen molar-refractivity contribution < 1.29 is 8.78 Å². The Hall–Kier alpha value is -1.00. The molecule has 0 atom stereocenters. The van der Waals surface area contributed by atoms with E-state index in [1.165, 1.54) is 6.07 Å². The van der Waals surface area contributed by atoms with Gasteiger partial charge in [0.05, 0.1) is 0 Å². The maximum absolute atomic E-state index is 13.2. The maximum atomic E-state index is 13.2. The van der Waals surface area contributed by atoms with Crippen LogP contribution in [0.25, 0.3) is 0 Å². The van der Waals surface area contributed by atoms with Gasteiger partial charge in [-0.15, -0.1) is 0 Å². The first kappa shape index (κ1) is 13.1. The summed E-state index contributed by atoms with van der Waals surface area (Å²) in [6, 6.07) is 3.52. The second kappa shape index (κ2) is 7.30. The fourth-order valence-electron chi connectivity index (χ4n) is 1.42. The van der Waals surface area contributed by atoms with Crippen molar-refractivity contribution in [1.82, 2.24) is 10.6 Å². The average Bonchev–Trinajstić information content (AvgIpc) is 2.28. The minimum atomic E-state index is -0.397. The normalized spacial score (nSPS) is 10.7. The van der Waals surface area contributed by atoms with Crippen LogP contribution in [0.2, 0.25) is 0 Å². The Kier molecular flexibility index (Phi) is 5.96. The highest BCUT2D eigenvalue weighted by Gasteiger charge is 2.02. The van der Waals surface area contributed by atoms with Crippen molar-refractivity contribution in [2.24, 2.45) is 0 Å². The SMILES string of the molecule is CCNCCCNCc1cc(F)ccc1F. The third kappa shape index (κ3) is 4.68. The zero-order valence-corrected chi connectivity index (χ0v) is 9.52. The lowest BCUT2D eigenvalue weighted by Crippen LogP contribution is -2.21. The highest BCUT2D eigenvalue weighted by Crippen LogP contribution is 2.08. The fraction of sp³-hybridized carbons (Fsp3) is 0.500. The summed E-state index contributed by atoms with van der Waals surface area (Å²) in [6.45, 7) is 5.11. The average molecular weight is 228 g/mol. The van der Waals surface area contributed by atoms with E-state index in [4.69, 9.17) is 0 Å². The third-order valence-electron chi connectivity index (χ3n) is 2.28. The molecule has 1 rings (SSSR count). The van der Waals surface area contributed by atoms with Crippen LogP contribution in [0.4, 0.5) is 8.78 Å². The van der Waals surface area contributed by atoms with E-state index in [2.05, 4.69) is 17.6 Å². The van der Waals surface area contributed by atoms with E-state index in [-0.39, 0.29) is 5.82 Å². The summed E-state index contributed by atoms with van der Waals surface area (Å²) in [6.07, 6.45) is 0.977. The highest BCUT2D eigenvalue weighted by molar-refractivity contribution is 5.18. The van der Waals surface area contributed by atoms with Crippen LogP contribution in [0.5, 0.6) is 0 Å². The quantitative estimate of drug-likeness (QED) is 0.698. The molecule has 0 saturated heterocycles. The highest BCUT2D eigenvalue weighted by atomic mass is 19.1. The second-order valence-electron chi connectivity index (χ2n) is 3.62. The van der Waals surface area contributed by atoms with E-state index < -0.39 is 5.82 Å². The molecule has 2 nitrogen and oxygen atoms in total. The molecule has 4 heteroatoms. The van der Waals surface area contributed by atoms with Crippen LogP contribution in [-0.2, 0) is 6.54 Å². The van der Waals surface area contributed by atoms with Crippen molar-refractivity contribution in [2.45, 2.75) is 19.9 Å². The number of halogens is 2. The van der Waals surface area contributed by atoms with Crippen molar-refractivity contribution in [3.8, 4) is 0 Å². The van der Waals surface area contributed by atoms with Crippen molar-refractivity contribution in [3.05, 3.63) is 35.4 Å². The van der Waals surface area contributed by atoms with E-state index in [0.29, 0.717) is 12.1 Å². The van der Waals surface area contributed by atoms with E-state index in [9.17, 15) is 8.78 Å². The van der Waals surface area contributed by atoms with Gasteiger partial charge in [0.2, 0.25) is 0 Å². The van der Waals surface area contributed by atoms with Crippen LogP contribution in [0.15, 0.2) is 18.2 Å². The zero-order valence-electron chi connectivity index (χ0n) is 9.52. The number of hydrogen-bond donors (Lipinski definition) is 2. The molecule has 90 valence electrons. The summed E-state index contributed by atoms with van der Waals surface area (Å²) >= 11 is 0. The van der Waals surface area contributed by atoms with Gasteiger partial charge in [-0.1, -0.05) is 6.92 Å². The van der Waals surface area contributed by atoms with Crippen LogP contribution >= 0.6 is 0 Å². The van der Waals surface area contributed by atoms with Crippen molar-refractivity contribution in [3.63, 3.8) is 0 Å². The molecule has 1 aromatic rings. The van der Waals surface area contributed by atoms with Gasteiger partial charge in [-0.2, -0.15) is 0 Å². The molecule has 0 unspecified atom stereocenters. The first-order chi connectivity index (χ1) is 7.74. The van der Waals surface area contributed by atoms with Gasteiger partial charge in [0, 0.05) is 12.1 Å². The Balaban J connectivity index is 2.23. The Bertz CT molecular complexity index is 316. The minimum absolute atomic E-state index is 0.361.